The molecule has 0 amide bonds. The molecule has 0 aromatic heterocycles. The number of ether oxygens (including phenoxy) is 1. The van der Waals surface area contributed by atoms with Crippen molar-refractivity contribution in [3.63, 3.8) is 0 Å². The lowest BCUT2D eigenvalue weighted by molar-refractivity contribution is 0.199. The van der Waals surface area contributed by atoms with E-state index < -0.39 is 0 Å². The van der Waals surface area contributed by atoms with Crippen LogP contribution in [0.15, 0.2) is 0 Å². The molecule has 4 heteroatoms. The fraction of sp³-hybridized carbons (Fsp3) is 0.833. The van der Waals surface area contributed by atoms with E-state index in [1.165, 1.54) is 6.34 Å². The molecule has 0 heterocycles. The van der Waals surface area contributed by atoms with Crippen LogP contribution >= 0.6 is 0 Å². The average Bonchev–Trinajstić information content (AvgIpc) is 1.97. The zero-order valence-corrected chi connectivity index (χ0v) is 6.31. The van der Waals surface area contributed by atoms with Gasteiger partial charge in [-0.15, -0.1) is 0 Å². The van der Waals surface area contributed by atoms with Gasteiger partial charge in [0.05, 0.1) is 12.9 Å². The number of hydrogen-bond acceptors (Lipinski definition) is 3. The molecule has 0 aliphatic heterocycles. The highest BCUT2D eigenvalue weighted by atomic mass is 16.5. The molecule has 0 atom stereocenters. The van der Waals surface area contributed by atoms with E-state index in [9.17, 15) is 0 Å². The molecule has 10 heavy (non-hydrogen) atoms. The number of rotatable bonds is 7. The third-order valence-electron chi connectivity index (χ3n) is 1.03. The van der Waals surface area contributed by atoms with Crippen LogP contribution in [0.3, 0.4) is 0 Å². The van der Waals surface area contributed by atoms with Crippen LogP contribution in [0.4, 0.5) is 0 Å². The summed E-state index contributed by atoms with van der Waals surface area (Å²) >= 11 is 0. The predicted octanol–water partition coefficient (Wildman–Crippen LogP) is -0.581. The lowest BCUT2D eigenvalue weighted by Gasteiger charge is -2.02. The molecule has 0 radical (unpaired) electrons. The van der Waals surface area contributed by atoms with Gasteiger partial charge in [0.15, 0.2) is 0 Å². The van der Waals surface area contributed by atoms with Crippen LogP contribution in [0, 0.1) is 5.41 Å². The predicted molar refractivity (Wildman–Crippen MR) is 41.5 cm³/mol. The summed E-state index contributed by atoms with van der Waals surface area (Å²) in [6.07, 6.45) is 1.19. The molecule has 4 nitrogen and oxygen atoms in total. The molecular weight excluding hydrogens is 130 g/mol. The van der Waals surface area contributed by atoms with Crippen LogP contribution in [-0.2, 0) is 4.74 Å². The fourth-order valence-electron chi connectivity index (χ4n) is 0.532. The molecule has 0 saturated heterocycles. The Labute approximate surface area is 61.5 Å². The Balaban J connectivity index is 2.70. The van der Waals surface area contributed by atoms with E-state index in [4.69, 9.17) is 10.1 Å². The van der Waals surface area contributed by atoms with Crippen LogP contribution in [0.5, 0.6) is 0 Å². The Hall–Kier alpha value is -0.610. The van der Waals surface area contributed by atoms with Crippen LogP contribution in [-0.4, -0.2) is 39.7 Å². The van der Waals surface area contributed by atoms with Crippen molar-refractivity contribution in [1.29, 1.82) is 5.41 Å². The van der Waals surface area contributed by atoms with Crippen LogP contribution in [0.1, 0.15) is 0 Å². The van der Waals surface area contributed by atoms with Gasteiger partial charge in [0.1, 0.15) is 0 Å². The van der Waals surface area contributed by atoms with Crippen molar-refractivity contribution in [2.24, 2.45) is 0 Å². The molecule has 0 aromatic carbocycles. The Kier molecular flexibility index (Phi) is 7.88. The van der Waals surface area contributed by atoms with Crippen molar-refractivity contribution in [2.45, 2.75) is 0 Å². The first-order chi connectivity index (χ1) is 4.91. The van der Waals surface area contributed by atoms with E-state index in [0.29, 0.717) is 0 Å². The zero-order valence-electron chi connectivity index (χ0n) is 6.31. The third-order valence-corrected chi connectivity index (χ3v) is 1.03. The summed E-state index contributed by atoms with van der Waals surface area (Å²) in [5.41, 5.74) is 0. The standard InChI is InChI=1S/C6H15N3O/c1-10-5-4-8-2-3-9-6-7/h6,8H,2-5H2,1H3,(H2,7,9). The van der Waals surface area contributed by atoms with Crippen LogP contribution in [0.2, 0.25) is 0 Å². The van der Waals surface area contributed by atoms with E-state index in [-0.39, 0.29) is 0 Å². The third kappa shape index (κ3) is 7.39. The monoisotopic (exact) mass is 145 g/mol. The molecular formula is C6H15N3O. The maximum atomic E-state index is 6.63. The molecule has 0 aliphatic rings. The van der Waals surface area contributed by atoms with Gasteiger partial charge in [-0.25, -0.2) is 0 Å². The van der Waals surface area contributed by atoms with Gasteiger partial charge in [-0.05, 0) is 0 Å². The Morgan fingerprint density at radius 2 is 2.20 bits per heavy atom. The van der Waals surface area contributed by atoms with Gasteiger partial charge in [0, 0.05) is 26.7 Å². The Bertz CT molecular complexity index is 77.4. The maximum absolute atomic E-state index is 6.63. The molecule has 0 unspecified atom stereocenters. The van der Waals surface area contributed by atoms with Gasteiger partial charge in [0.25, 0.3) is 0 Å². The highest BCUT2D eigenvalue weighted by Gasteiger charge is 1.83. The molecule has 3 N–H and O–H groups in total. The van der Waals surface area contributed by atoms with E-state index in [0.717, 1.165) is 26.2 Å². The first kappa shape index (κ1) is 9.39. The van der Waals surface area contributed by atoms with Crippen molar-refractivity contribution in [1.82, 2.24) is 10.6 Å². The lowest BCUT2D eigenvalue weighted by atomic mass is 10.6. The largest absolute Gasteiger partial charge is 0.383 e. The maximum Gasteiger partial charge on any atom is 0.0791 e. The topological polar surface area (TPSA) is 57.1 Å². The highest BCUT2D eigenvalue weighted by Crippen LogP contribution is 1.62. The minimum atomic E-state index is 0.741. The summed E-state index contributed by atoms with van der Waals surface area (Å²) in [6, 6.07) is 0. The minimum absolute atomic E-state index is 0.741. The smallest absolute Gasteiger partial charge is 0.0791 e. The molecule has 0 aromatic rings. The summed E-state index contributed by atoms with van der Waals surface area (Å²) in [7, 11) is 1.68. The fourth-order valence-corrected chi connectivity index (χ4v) is 0.532. The second-order valence-electron chi connectivity index (χ2n) is 1.84. The van der Waals surface area contributed by atoms with E-state index in [1.54, 1.807) is 7.11 Å². The van der Waals surface area contributed by atoms with E-state index in [1.807, 2.05) is 0 Å². The molecule has 0 rings (SSSR count). The highest BCUT2D eigenvalue weighted by molar-refractivity contribution is 5.49. The van der Waals surface area contributed by atoms with Gasteiger partial charge in [-0.1, -0.05) is 0 Å². The van der Waals surface area contributed by atoms with Crippen LogP contribution in [0.25, 0.3) is 0 Å². The second kappa shape index (κ2) is 8.39. The normalized spacial score (nSPS) is 9.30. The summed E-state index contributed by atoms with van der Waals surface area (Å²) < 4.78 is 4.82. The molecule has 0 aliphatic carbocycles. The zero-order chi connectivity index (χ0) is 7.66. The van der Waals surface area contributed by atoms with Gasteiger partial charge in [-0.2, -0.15) is 0 Å². The SMILES string of the molecule is COCCNCCNC=N. The molecule has 0 spiro atoms. The van der Waals surface area contributed by atoms with Crippen molar-refractivity contribution >= 4 is 6.34 Å². The van der Waals surface area contributed by atoms with Gasteiger partial charge >= 0.3 is 0 Å². The van der Waals surface area contributed by atoms with Gasteiger partial charge in [0.2, 0.25) is 0 Å². The number of hydrogen-bond donors (Lipinski definition) is 3. The minimum Gasteiger partial charge on any atom is -0.383 e. The van der Waals surface area contributed by atoms with Gasteiger partial charge < -0.3 is 15.4 Å². The Morgan fingerprint density at radius 3 is 2.80 bits per heavy atom. The van der Waals surface area contributed by atoms with Crippen molar-refractivity contribution in [3.8, 4) is 0 Å². The average molecular weight is 145 g/mol. The summed E-state index contributed by atoms with van der Waals surface area (Å²) in [6.45, 7) is 3.28. The lowest BCUT2D eigenvalue weighted by Crippen LogP contribution is -2.28. The van der Waals surface area contributed by atoms with Gasteiger partial charge in [-0.3, -0.25) is 5.41 Å². The van der Waals surface area contributed by atoms with Crippen molar-refractivity contribution in [3.05, 3.63) is 0 Å². The summed E-state index contributed by atoms with van der Waals surface area (Å²) in [5, 5.41) is 12.5. The van der Waals surface area contributed by atoms with Crippen LogP contribution < -0.4 is 10.6 Å². The number of methoxy groups -OCH3 is 1. The summed E-state index contributed by atoms with van der Waals surface area (Å²) in [4.78, 5) is 0. The summed E-state index contributed by atoms with van der Waals surface area (Å²) in [5.74, 6) is 0. The molecule has 0 bridgehead atoms. The molecule has 0 fully saturated rings. The quantitative estimate of drug-likeness (QED) is 0.255. The second-order valence-corrected chi connectivity index (χ2v) is 1.84. The van der Waals surface area contributed by atoms with Crippen molar-refractivity contribution < 1.29 is 4.74 Å². The molecule has 60 valence electrons. The number of nitrogens with one attached hydrogen (secondary N) is 3. The molecule has 0 saturated carbocycles. The first-order valence-corrected chi connectivity index (χ1v) is 3.33. The van der Waals surface area contributed by atoms with E-state index in [2.05, 4.69) is 10.6 Å². The first-order valence-electron chi connectivity index (χ1n) is 3.33. The van der Waals surface area contributed by atoms with Crippen molar-refractivity contribution in [2.75, 3.05) is 33.4 Å². The Morgan fingerprint density at radius 1 is 1.40 bits per heavy atom. The van der Waals surface area contributed by atoms with E-state index >= 15 is 0 Å².